The van der Waals surface area contributed by atoms with Gasteiger partial charge in [0, 0.05) is 31.5 Å². The Bertz CT molecular complexity index is 519. The maximum Gasteiger partial charge on any atom is 0.223 e. The van der Waals surface area contributed by atoms with Crippen molar-refractivity contribution in [2.75, 3.05) is 13.1 Å². The summed E-state index contributed by atoms with van der Waals surface area (Å²) < 4.78 is 0. The van der Waals surface area contributed by atoms with E-state index in [-0.39, 0.29) is 11.7 Å². The van der Waals surface area contributed by atoms with E-state index >= 15 is 0 Å². The minimum atomic E-state index is 0.0664. The number of hydrogen-bond donors (Lipinski definition) is 0. The molecule has 1 atom stereocenters. The zero-order chi connectivity index (χ0) is 16.1. The predicted molar refractivity (Wildman–Crippen MR) is 88.9 cm³/mol. The van der Waals surface area contributed by atoms with Gasteiger partial charge in [-0.1, -0.05) is 45.0 Å². The number of amides is 1. The third kappa shape index (κ3) is 4.69. The first-order valence-electron chi connectivity index (χ1n) is 8.35. The summed E-state index contributed by atoms with van der Waals surface area (Å²) in [6, 6.07) is 7.83. The topological polar surface area (TPSA) is 37.4 Å². The van der Waals surface area contributed by atoms with Gasteiger partial charge >= 0.3 is 0 Å². The molecule has 1 unspecified atom stereocenters. The lowest BCUT2D eigenvalue weighted by Gasteiger charge is -2.15. The molecule has 2 rings (SSSR count). The van der Waals surface area contributed by atoms with Gasteiger partial charge in [-0.3, -0.25) is 9.59 Å². The second-order valence-corrected chi connectivity index (χ2v) is 6.95. The Kier molecular flexibility index (Phi) is 5.76. The summed E-state index contributed by atoms with van der Waals surface area (Å²) in [4.78, 5) is 26.2. The van der Waals surface area contributed by atoms with Crippen molar-refractivity contribution in [3.8, 4) is 0 Å². The van der Waals surface area contributed by atoms with Crippen molar-refractivity contribution >= 4 is 11.7 Å². The molecule has 1 aliphatic heterocycles. The fourth-order valence-corrected chi connectivity index (χ4v) is 2.98. The molecule has 0 aliphatic carbocycles. The van der Waals surface area contributed by atoms with Crippen LogP contribution in [-0.2, 0) is 11.2 Å². The lowest BCUT2D eigenvalue weighted by Crippen LogP contribution is -2.28. The van der Waals surface area contributed by atoms with Crippen molar-refractivity contribution in [1.29, 1.82) is 0 Å². The molecule has 3 heteroatoms. The predicted octanol–water partition coefficient (Wildman–Crippen LogP) is 3.72. The van der Waals surface area contributed by atoms with Crippen LogP contribution in [0.25, 0.3) is 0 Å². The van der Waals surface area contributed by atoms with Crippen LogP contribution in [0.3, 0.4) is 0 Å². The van der Waals surface area contributed by atoms with Gasteiger partial charge < -0.3 is 4.90 Å². The van der Waals surface area contributed by atoms with Crippen molar-refractivity contribution in [3.05, 3.63) is 35.4 Å². The number of hydrogen-bond acceptors (Lipinski definition) is 2. The Morgan fingerprint density at radius 3 is 2.41 bits per heavy atom. The molecule has 1 heterocycles. The summed E-state index contributed by atoms with van der Waals surface area (Å²) in [6.45, 7) is 8.22. The molecule has 0 N–H and O–H groups in total. The van der Waals surface area contributed by atoms with Crippen LogP contribution in [0, 0.1) is 11.8 Å². The van der Waals surface area contributed by atoms with Crippen molar-refractivity contribution < 1.29 is 9.59 Å². The van der Waals surface area contributed by atoms with Crippen LogP contribution in [0.5, 0.6) is 0 Å². The van der Waals surface area contributed by atoms with Gasteiger partial charge in [0.1, 0.15) is 0 Å². The number of carbonyl (C=O) groups is 2. The first-order chi connectivity index (χ1) is 10.5. The molecule has 3 nitrogen and oxygen atoms in total. The Morgan fingerprint density at radius 2 is 1.86 bits per heavy atom. The number of likely N-dealkylation sites (tertiary alicyclic amines) is 1. The Morgan fingerprint density at radius 1 is 1.18 bits per heavy atom. The largest absolute Gasteiger partial charge is 0.342 e. The Balaban J connectivity index is 1.83. The van der Waals surface area contributed by atoms with Crippen molar-refractivity contribution in [1.82, 2.24) is 4.90 Å². The highest BCUT2D eigenvalue weighted by atomic mass is 16.2. The van der Waals surface area contributed by atoms with Crippen molar-refractivity contribution in [3.63, 3.8) is 0 Å². The summed E-state index contributed by atoms with van der Waals surface area (Å²) in [5, 5.41) is 0. The lowest BCUT2D eigenvalue weighted by atomic mass is 9.99. The molecule has 0 saturated carbocycles. The standard InChI is InChI=1S/C19H27NO2/c1-14(2)12-16-4-6-17(7-5-16)18(21)8-9-19(22)20-11-10-15(3)13-20/h4-7,14-15H,8-13H2,1-3H3. The monoisotopic (exact) mass is 301 g/mol. The minimum Gasteiger partial charge on any atom is -0.342 e. The van der Waals surface area contributed by atoms with Gasteiger partial charge in [0.25, 0.3) is 0 Å². The first kappa shape index (κ1) is 16.7. The van der Waals surface area contributed by atoms with E-state index in [9.17, 15) is 9.59 Å². The van der Waals surface area contributed by atoms with E-state index in [1.54, 1.807) is 0 Å². The van der Waals surface area contributed by atoms with Crippen LogP contribution in [0.4, 0.5) is 0 Å². The Labute approximate surface area is 133 Å². The molecule has 1 aromatic carbocycles. The Hall–Kier alpha value is -1.64. The number of nitrogens with zero attached hydrogens (tertiary/aromatic N) is 1. The minimum absolute atomic E-state index is 0.0664. The van der Waals surface area contributed by atoms with Gasteiger partial charge in [0.2, 0.25) is 5.91 Å². The van der Waals surface area contributed by atoms with Crippen LogP contribution < -0.4 is 0 Å². The van der Waals surface area contributed by atoms with Crippen LogP contribution in [0.1, 0.15) is 56.0 Å². The molecule has 0 bridgehead atoms. The van der Waals surface area contributed by atoms with Gasteiger partial charge in [-0.25, -0.2) is 0 Å². The quantitative estimate of drug-likeness (QED) is 0.751. The first-order valence-corrected chi connectivity index (χ1v) is 8.35. The van der Waals surface area contributed by atoms with Gasteiger partial charge in [-0.15, -0.1) is 0 Å². The number of benzene rings is 1. The molecule has 1 aromatic rings. The summed E-state index contributed by atoms with van der Waals surface area (Å²) in [5.41, 5.74) is 1.98. The molecule has 1 saturated heterocycles. The smallest absolute Gasteiger partial charge is 0.223 e. The number of rotatable bonds is 6. The molecule has 1 amide bonds. The maximum atomic E-state index is 12.2. The maximum absolute atomic E-state index is 12.2. The third-order valence-electron chi connectivity index (χ3n) is 4.26. The second-order valence-electron chi connectivity index (χ2n) is 6.95. The van der Waals surface area contributed by atoms with E-state index in [4.69, 9.17) is 0 Å². The van der Waals surface area contributed by atoms with Crippen LogP contribution in [0.15, 0.2) is 24.3 Å². The lowest BCUT2D eigenvalue weighted by molar-refractivity contribution is -0.130. The van der Waals surface area contributed by atoms with E-state index in [1.165, 1.54) is 5.56 Å². The summed E-state index contributed by atoms with van der Waals surface area (Å²) in [6.07, 6.45) is 2.75. The molecule has 1 aliphatic rings. The van der Waals surface area contributed by atoms with Gasteiger partial charge in [-0.2, -0.15) is 0 Å². The molecule has 0 radical (unpaired) electrons. The molecular formula is C19H27NO2. The van der Waals surface area contributed by atoms with Crippen LogP contribution in [0.2, 0.25) is 0 Å². The van der Waals surface area contributed by atoms with Crippen LogP contribution in [-0.4, -0.2) is 29.7 Å². The number of Topliss-reactive ketones (excluding diaryl/α,β-unsaturated/α-hetero) is 1. The zero-order valence-electron chi connectivity index (χ0n) is 14.0. The van der Waals surface area contributed by atoms with Crippen LogP contribution >= 0.6 is 0 Å². The highest BCUT2D eigenvalue weighted by molar-refractivity contribution is 5.98. The average molecular weight is 301 g/mol. The van der Waals surface area contributed by atoms with E-state index in [0.717, 1.165) is 31.5 Å². The van der Waals surface area contributed by atoms with Gasteiger partial charge in [0.05, 0.1) is 0 Å². The van der Waals surface area contributed by atoms with E-state index < -0.39 is 0 Å². The highest BCUT2D eigenvalue weighted by Gasteiger charge is 2.23. The third-order valence-corrected chi connectivity index (χ3v) is 4.26. The summed E-state index contributed by atoms with van der Waals surface area (Å²) in [5.74, 6) is 1.39. The second kappa shape index (κ2) is 7.57. The van der Waals surface area contributed by atoms with Gasteiger partial charge in [0.15, 0.2) is 5.78 Å². The highest BCUT2D eigenvalue weighted by Crippen LogP contribution is 2.17. The molecule has 1 fully saturated rings. The summed E-state index contributed by atoms with van der Waals surface area (Å²) >= 11 is 0. The summed E-state index contributed by atoms with van der Waals surface area (Å²) in [7, 11) is 0. The number of ketones is 1. The normalized spacial score (nSPS) is 18.0. The molecule has 0 aromatic heterocycles. The van der Waals surface area contributed by atoms with E-state index in [1.807, 2.05) is 29.2 Å². The molecular weight excluding hydrogens is 274 g/mol. The van der Waals surface area contributed by atoms with Crippen molar-refractivity contribution in [2.24, 2.45) is 11.8 Å². The average Bonchev–Trinajstić information content (AvgIpc) is 2.91. The fourth-order valence-electron chi connectivity index (χ4n) is 2.98. The van der Waals surface area contributed by atoms with Crippen molar-refractivity contribution in [2.45, 2.75) is 46.5 Å². The number of carbonyl (C=O) groups excluding carboxylic acids is 2. The fraction of sp³-hybridized carbons (Fsp3) is 0.579. The van der Waals surface area contributed by atoms with E-state index in [0.29, 0.717) is 24.7 Å². The van der Waals surface area contributed by atoms with E-state index in [2.05, 4.69) is 20.8 Å². The zero-order valence-corrected chi connectivity index (χ0v) is 14.0. The molecule has 0 spiro atoms. The molecule has 120 valence electrons. The van der Waals surface area contributed by atoms with Gasteiger partial charge in [-0.05, 0) is 30.2 Å². The molecule has 22 heavy (non-hydrogen) atoms. The SMILES string of the molecule is CC(C)Cc1ccc(C(=O)CCC(=O)N2CCC(C)C2)cc1.